The van der Waals surface area contributed by atoms with E-state index < -0.39 is 0 Å². The molecule has 0 fully saturated rings. The third-order valence-electron chi connectivity index (χ3n) is 5.85. The van der Waals surface area contributed by atoms with Gasteiger partial charge in [-0.2, -0.15) is 0 Å². The number of benzene rings is 3. The van der Waals surface area contributed by atoms with Gasteiger partial charge >= 0.3 is 0 Å². The average molecular weight is 493 g/mol. The van der Waals surface area contributed by atoms with E-state index in [2.05, 4.69) is 0 Å². The maximum atomic E-state index is 13.7. The largest absolute Gasteiger partial charge is 0.493 e. The third-order valence-corrected chi connectivity index (χ3v) is 5.85. The number of hydrogen-bond acceptors (Lipinski definition) is 8. The second-order valence-corrected chi connectivity index (χ2v) is 7.98. The molecule has 0 aliphatic heterocycles. The van der Waals surface area contributed by atoms with Crippen molar-refractivity contribution in [3.63, 3.8) is 0 Å². The summed E-state index contributed by atoms with van der Waals surface area (Å²) in [5, 5.41) is 0.322. The van der Waals surface area contributed by atoms with Crippen molar-refractivity contribution in [1.82, 2.24) is 0 Å². The zero-order valence-electron chi connectivity index (χ0n) is 21.1. The van der Waals surface area contributed by atoms with E-state index in [9.17, 15) is 4.79 Å². The van der Waals surface area contributed by atoms with Gasteiger partial charge in [0.25, 0.3) is 0 Å². The number of aryl methyl sites for hydroxylation is 1. The molecule has 0 atom stereocenters. The van der Waals surface area contributed by atoms with Crippen LogP contribution in [-0.2, 0) is 6.61 Å². The first-order valence-corrected chi connectivity index (χ1v) is 11.1. The van der Waals surface area contributed by atoms with Gasteiger partial charge in [-0.25, -0.2) is 0 Å². The van der Waals surface area contributed by atoms with Crippen molar-refractivity contribution in [2.24, 2.45) is 0 Å². The van der Waals surface area contributed by atoms with Crippen molar-refractivity contribution >= 4 is 11.0 Å². The van der Waals surface area contributed by atoms with E-state index in [1.807, 2.05) is 31.2 Å². The number of rotatable bonds is 9. The van der Waals surface area contributed by atoms with E-state index in [-0.39, 0.29) is 11.0 Å². The highest BCUT2D eigenvalue weighted by Crippen LogP contribution is 2.49. The van der Waals surface area contributed by atoms with Crippen LogP contribution in [0.5, 0.6) is 34.5 Å². The molecule has 0 aliphatic rings. The van der Waals surface area contributed by atoms with Gasteiger partial charge < -0.3 is 32.8 Å². The topological polar surface area (TPSA) is 85.6 Å². The Bertz CT molecular complexity index is 1440. The first-order valence-electron chi connectivity index (χ1n) is 11.1. The summed E-state index contributed by atoms with van der Waals surface area (Å²) in [6.07, 6.45) is 1.38. The smallest absolute Gasteiger partial charge is 0.207 e. The molecule has 0 saturated carbocycles. The van der Waals surface area contributed by atoms with E-state index in [1.54, 1.807) is 18.2 Å². The Hall–Kier alpha value is -4.33. The molecule has 8 heteroatoms. The Kier molecular flexibility index (Phi) is 7.24. The van der Waals surface area contributed by atoms with Crippen LogP contribution in [0.2, 0.25) is 0 Å². The van der Waals surface area contributed by atoms with Gasteiger partial charge in [-0.15, -0.1) is 0 Å². The van der Waals surface area contributed by atoms with Gasteiger partial charge in [0.15, 0.2) is 23.0 Å². The van der Waals surface area contributed by atoms with Crippen molar-refractivity contribution in [2.75, 3.05) is 35.5 Å². The Balaban J connectivity index is 1.85. The highest BCUT2D eigenvalue weighted by atomic mass is 16.5. The quantitative estimate of drug-likeness (QED) is 0.307. The maximum Gasteiger partial charge on any atom is 0.207 e. The Morgan fingerprint density at radius 3 is 1.97 bits per heavy atom. The molecular formula is C28H28O8. The fourth-order valence-electron chi connectivity index (χ4n) is 3.97. The molecule has 0 saturated heterocycles. The molecule has 0 spiro atoms. The van der Waals surface area contributed by atoms with Crippen LogP contribution >= 0.6 is 0 Å². The predicted octanol–water partition coefficient (Wildman–Crippen LogP) is 5.39. The molecule has 0 unspecified atom stereocenters. The number of methoxy groups -OCH3 is 5. The van der Waals surface area contributed by atoms with Crippen LogP contribution in [0.25, 0.3) is 22.1 Å². The molecule has 0 amide bonds. The standard InChI is InChI=1S/C28H28O8/c1-16-7-9-17(10-8-16)14-35-23-12-19-21(13-22(23)30-2)36-15-20(25(19)29)18-11-24(31-3)27(33-5)28(34-6)26(18)32-4/h7-13,15H,14H2,1-6H3. The molecule has 3 aromatic carbocycles. The number of ether oxygens (including phenoxy) is 6. The summed E-state index contributed by atoms with van der Waals surface area (Å²) in [5.41, 5.74) is 2.91. The van der Waals surface area contributed by atoms with Crippen LogP contribution < -0.4 is 33.8 Å². The Morgan fingerprint density at radius 1 is 0.694 bits per heavy atom. The van der Waals surface area contributed by atoms with Gasteiger partial charge in [-0.05, 0) is 24.6 Å². The van der Waals surface area contributed by atoms with E-state index in [4.69, 9.17) is 32.8 Å². The lowest BCUT2D eigenvalue weighted by molar-refractivity contribution is 0.285. The zero-order valence-corrected chi connectivity index (χ0v) is 21.1. The normalized spacial score (nSPS) is 10.7. The van der Waals surface area contributed by atoms with Gasteiger partial charge in [0.2, 0.25) is 16.9 Å². The lowest BCUT2D eigenvalue weighted by Gasteiger charge is -2.18. The molecular weight excluding hydrogens is 464 g/mol. The van der Waals surface area contributed by atoms with Gasteiger partial charge in [0.1, 0.15) is 18.5 Å². The SMILES string of the molecule is COc1cc2occ(-c3cc(OC)c(OC)c(OC)c3OC)c(=O)c2cc1OCc1ccc(C)cc1. The summed E-state index contributed by atoms with van der Waals surface area (Å²) in [6, 6.07) is 12.9. The molecule has 1 heterocycles. The predicted molar refractivity (Wildman–Crippen MR) is 136 cm³/mol. The monoisotopic (exact) mass is 492 g/mol. The summed E-state index contributed by atoms with van der Waals surface area (Å²) < 4.78 is 39.4. The van der Waals surface area contributed by atoms with Crippen LogP contribution in [0.15, 0.2) is 57.9 Å². The first-order chi connectivity index (χ1) is 17.4. The summed E-state index contributed by atoms with van der Waals surface area (Å²) >= 11 is 0. The van der Waals surface area contributed by atoms with Crippen LogP contribution in [0, 0.1) is 6.92 Å². The van der Waals surface area contributed by atoms with Gasteiger partial charge in [0, 0.05) is 11.6 Å². The van der Waals surface area contributed by atoms with Crippen molar-refractivity contribution in [3.8, 4) is 45.6 Å². The van der Waals surface area contributed by atoms with Gasteiger partial charge in [0.05, 0.1) is 46.5 Å². The van der Waals surface area contributed by atoms with Gasteiger partial charge in [-0.3, -0.25) is 4.79 Å². The molecule has 0 N–H and O–H groups in total. The highest BCUT2D eigenvalue weighted by Gasteiger charge is 2.25. The minimum absolute atomic E-state index is 0.258. The van der Waals surface area contributed by atoms with E-state index in [0.717, 1.165) is 11.1 Å². The minimum atomic E-state index is -0.285. The molecule has 0 bridgehead atoms. The Morgan fingerprint density at radius 2 is 1.36 bits per heavy atom. The van der Waals surface area contributed by atoms with Crippen LogP contribution in [0.1, 0.15) is 11.1 Å². The summed E-state index contributed by atoms with van der Waals surface area (Å²) in [4.78, 5) is 13.7. The van der Waals surface area contributed by atoms with Crippen molar-refractivity contribution in [2.45, 2.75) is 13.5 Å². The maximum absolute atomic E-state index is 13.7. The molecule has 4 rings (SSSR count). The van der Waals surface area contributed by atoms with Crippen LogP contribution in [0.3, 0.4) is 0 Å². The highest BCUT2D eigenvalue weighted by molar-refractivity contribution is 5.87. The third kappa shape index (κ3) is 4.49. The lowest BCUT2D eigenvalue weighted by Crippen LogP contribution is -2.08. The first kappa shape index (κ1) is 24.8. The second-order valence-electron chi connectivity index (χ2n) is 7.98. The molecule has 4 aromatic rings. The molecule has 0 aliphatic carbocycles. The van der Waals surface area contributed by atoms with Crippen LogP contribution in [0.4, 0.5) is 0 Å². The molecule has 0 radical (unpaired) electrons. The molecule has 188 valence electrons. The fourth-order valence-corrected chi connectivity index (χ4v) is 3.97. The number of fused-ring (bicyclic) bond motifs is 1. The summed E-state index contributed by atoms with van der Waals surface area (Å²) in [7, 11) is 7.50. The van der Waals surface area contributed by atoms with Gasteiger partial charge in [-0.1, -0.05) is 29.8 Å². The summed E-state index contributed by atoms with van der Waals surface area (Å²) in [5.74, 6) is 2.21. The second kappa shape index (κ2) is 10.5. The lowest BCUT2D eigenvalue weighted by atomic mass is 10.0. The molecule has 36 heavy (non-hydrogen) atoms. The zero-order chi connectivity index (χ0) is 25.8. The van der Waals surface area contributed by atoms with Crippen molar-refractivity contribution in [3.05, 3.63) is 70.1 Å². The van der Waals surface area contributed by atoms with E-state index in [0.29, 0.717) is 57.6 Å². The number of hydrogen-bond donors (Lipinski definition) is 0. The summed E-state index contributed by atoms with van der Waals surface area (Å²) in [6.45, 7) is 2.34. The van der Waals surface area contributed by atoms with Crippen LogP contribution in [-0.4, -0.2) is 35.5 Å². The minimum Gasteiger partial charge on any atom is -0.493 e. The average Bonchev–Trinajstić information content (AvgIpc) is 2.91. The Labute approximate surface area is 208 Å². The van der Waals surface area contributed by atoms with E-state index >= 15 is 0 Å². The van der Waals surface area contributed by atoms with Crippen molar-refractivity contribution in [1.29, 1.82) is 0 Å². The fraction of sp³-hybridized carbons (Fsp3) is 0.250. The molecule has 1 aromatic heterocycles. The van der Waals surface area contributed by atoms with E-state index in [1.165, 1.54) is 41.8 Å². The van der Waals surface area contributed by atoms with Crippen molar-refractivity contribution < 1.29 is 32.8 Å². The molecule has 8 nitrogen and oxygen atoms in total.